The molecule has 2 aromatic rings. The zero-order valence-corrected chi connectivity index (χ0v) is 10.8. The normalized spacial score (nSPS) is 11.0. The Morgan fingerprint density at radius 3 is 2.33 bits per heavy atom. The maximum atomic E-state index is 14.0. The second-order valence-corrected chi connectivity index (χ2v) is 4.45. The molecule has 0 aromatic heterocycles. The minimum absolute atomic E-state index is 0.181. The van der Waals surface area contributed by atoms with Gasteiger partial charge >= 0.3 is 5.92 Å². The number of halogens is 3. The van der Waals surface area contributed by atoms with Gasteiger partial charge in [0, 0.05) is 12.0 Å². The number of nitrogens with zero attached hydrogens (tertiary/aromatic N) is 1. The fraction of sp³-hybridized carbons (Fsp3) is 0.125. The number of hydrogen-bond acceptors (Lipinski definition) is 2. The average molecular weight is 289 g/mol. The molecule has 2 aromatic carbocycles. The van der Waals surface area contributed by atoms with Crippen molar-refractivity contribution in [3.8, 4) is 6.07 Å². The first kappa shape index (κ1) is 14.8. The molecule has 0 fully saturated rings. The topological polar surface area (TPSA) is 40.9 Å². The Hall–Kier alpha value is -2.61. The third-order valence-corrected chi connectivity index (χ3v) is 3.05. The number of carbonyl (C=O) groups excluding carboxylic acids is 1. The van der Waals surface area contributed by atoms with Gasteiger partial charge in [0.25, 0.3) is 0 Å². The standard InChI is InChI=1S/C16H10F3NO/c17-14-7-5-13(6-8-14)16(18,19)15(21)9-11-3-1-2-4-12(11)10-20/h1-8H,9H2. The maximum absolute atomic E-state index is 14.0. The van der Waals surface area contributed by atoms with E-state index in [9.17, 15) is 18.0 Å². The summed E-state index contributed by atoms with van der Waals surface area (Å²) < 4.78 is 40.9. The Bertz CT molecular complexity index is 702. The zero-order chi connectivity index (χ0) is 15.5. The van der Waals surface area contributed by atoms with Gasteiger partial charge in [0.05, 0.1) is 11.6 Å². The second kappa shape index (κ2) is 5.80. The molecule has 0 atom stereocenters. The lowest BCUT2D eigenvalue weighted by atomic mass is 9.96. The van der Waals surface area contributed by atoms with Gasteiger partial charge in [-0.05, 0) is 35.9 Å². The van der Waals surface area contributed by atoms with E-state index in [0.717, 1.165) is 24.3 Å². The Morgan fingerprint density at radius 1 is 1.10 bits per heavy atom. The van der Waals surface area contributed by atoms with Gasteiger partial charge in [-0.25, -0.2) is 4.39 Å². The molecule has 0 saturated heterocycles. The van der Waals surface area contributed by atoms with Gasteiger partial charge in [-0.15, -0.1) is 0 Å². The summed E-state index contributed by atoms with van der Waals surface area (Å²) in [6.45, 7) is 0. The smallest absolute Gasteiger partial charge is 0.292 e. The van der Waals surface area contributed by atoms with E-state index in [1.165, 1.54) is 12.1 Å². The van der Waals surface area contributed by atoms with Crippen LogP contribution < -0.4 is 0 Å². The quantitative estimate of drug-likeness (QED) is 0.862. The lowest BCUT2D eigenvalue weighted by Crippen LogP contribution is -2.28. The summed E-state index contributed by atoms with van der Waals surface area (Å²) in [5.74, 6) is -5.72. The second-order valence-electron chi connectivity index (χ2n) is 4.45. The molecule has 0 aliphatic heterocycles. The van der Waals surface area contributed by atoms with Crippen LogP contribution in [0.25, 0.3) is 0 Å². The maximum Gasteiger partial charge on any atom is 0.330 e. The van der Waals surface area contributed by atoms with Crippen molar-refractivity contribution in [2.75, 3.05) is 0 Å². The Kier molecular flexibility index (Phi) is 4.08. The molecule has 0 aliphatic rings. The van der Waals surface area contributed by atoms with Gasteiger partial charge in [-0.1, -0.05) is 18.2 Å². The van der Waals surface area contributed by atoms with Crippen LogP contribution in [-0.2, 0) is 17.1 Å². The van der Waals surface area contributed by atoms with Crippen LogP contribution >= 0.6 is 0 Å². The number of ketones is 1. The van der Waals surface area contributed by atoms with Crippen LogP contribution in [0.15, 0.2) is 48.5 Å². The molecule has 0 heterocycles. The summed E-state index contributed by atoms with van der Waals surface area (Å²) in [6, 6.07) is 11.4. The van der Waals surface area contributed by atoms with Crippen molar-refractivity contribution in [2.45, 2.75) is 12.3 Å². The highest BCUT2D eigenvalue weighted by Crippen LogP contribution is 2.30. The summed E-state index contributed by atoms with van der Waals surface area (Å²) in [6.07, 6.45) is -0.561. The van der Waals surface area contributed by atoms with Gasteiger partial charge in [0.1, 0.15) is 5.82 Å². The van der Waals surface area contributed by atoms with Crippen molar-refractivity contribution in [2.24, 2.45) is 0 Å². The van der Waals surface area contributed by atoms with Crippen LogP contribution in [0.3, 0.4) is 0 Å². The molecular formula is C16H10F3NO. The van der Waals surface area contributed by atoms with E-state index in [2.05, 4.69) is 0 Å². The van der Waals surface area contributed by atoms with E-state index in [0.29, 0.717) is 0 Å². The highest BCUT2D eigenvalue weighted by molar-refractivity contribution is 5.89. The molecule has 0 saturated carbocycles. The molecule has 0 unspecified atom stereocenters. The molecular weight excluding hydrogens is 279 g/mol. The first-order valence-electron chi connectivity index (χ1n) is 6.10. The molecule has 0 aliphatic carbocycles. The van der Waals surface area contributed by atoms with E-state index in [-0.39, 0.29) is 11.1 Å². The van der Waals surface area contributed by atoms with E-state index < -0.39 is 29.5 Å². The van der Waals surface area contributed by atoms with E-state index in [1.54, 1.807) is 12.1 Å². The number of hydrogen-bond donors (Lipinski definition) is 0. The SMILES string of the molecule is N#Cc1ccccc1CC(=O)C(F)(F)c1ccc(F)cc1. The first-order chi connectivity index (χ1) is 9.95. The number of nitriles is 1. The van der Waals surface area contributed by atoms with Crippen LogP contribution in [0.5, 0.6) is 0 Å². The molecule has 21 heavy (non-hydrogen) atoms. The molecule has 0 spiro atoms. The van der Waals surface area contributed by atoms with Crippen molar-refractivity contribution in [1.82, 2.24) is 0 Å². The van der Waals surface area contributed by atoms with E-state index in [1.807, 2.05) is 6.07 Å². The molecule has 106 valence electrons. The summed E-state index contributed by atoms with van der Waals surface area (Å²) in [5.41, 5.74) is -0.143. The van der Waals surface area contributed by atoms with Gasteiger partial charge in [-0.2, -0.15) is 14.0 Å². The molecule has 0 bridgehead atoms. The lowest BCUT2D eigenvalue weighted by Gasteiger charge is -2.15. The number of Topliss-reactive ketones (excluding diaryl/α,β-unsaturated/α-hetero) is 1. The molecule has 0 amide bonds. The number of rotatable bonds is 4. The van der Waals surface area contributed by atoms with Crippen LogP contribution in [-0.4, -0.2) is 5.78 Å². The van der Waals surface area contributed by atoms with Crippen LogP contribution in [0.1, 0.15) is 16.7 Å². The highest BCUT2D eigenvalue weighted by Gasteiger charge is 2.40. The van der Waals surface area contributed by atoms with E-state index >= 15 is 0 Å². The minimum Gasteiger partial charge on any atom is -0.292 e. The number of benzene rings is 2. The third kappa shape index (κ3) is 3.11. The molecule has 2 rings (SSSR count). The van der Waals surface area contributed by atoms with Crippen molar-refractivity contribution in [3.05, 3.63) is 71.0 Å². The predicted molar refractivity (Wildman–Crippen MR) is 70.2 cm³/mol. The number of carbonyl (C=O) groups is 1. The van der Waals surface area contributed by atoms with Crippen molar-refractivity contribution in [3.63, 3.8) is 0 Å². The van der Waals surface area contributed by atoms with Gasteiger partial charge in [0.15, 0.2) is 0 Å². The minimum atomic E-state index is -3.73. The first-order valence-corrected chi connectivity index (χ1v) is 6.10. The van der Waals surface area contributed by atoms with Gasteiger partial charge < -0.3 is 0 Å². The Morgan fingerprint density at radius 2 is 1.71 bits per heavy atom. The average Bonchev–Trinajstić information content (AvgIpc) is 2.48. The third-order valence-electron chi connectivity index (χ3n) is 3.05. The predicted octanol–water partition coefficient (Wildman–Crippen LogP) is 3.60. The van der Waals surface area contributed by atoms with Crippen LogP contribution in [0, 0.1) is 17.1 Å². The monoisotopic (exact) mass is 289 g/mol. The highest BCUT2D eigenvalue weighted by atomic mass is 19.3. The summed E-state index contributed by atoms with van der Waals surface area (Å²) >= 11 is 0. The van der Waals surface area contributed by atoms with Crippen molar-refractivity contribution in [1.29, 1.82) is 5.26 Å². The molecule has 5 heteroatoms. The summed E-state index contributed by atoms with van der Waals surface area (Å²) in [7, 11) is 0. The Labute approximate surface area is 119 Å². The fourth-order valence-electron chi connectivity index (χ4n) is 1.89. The van der Waals surface area contributed by atoms with Crippen LogP contribution in [0.4, 0.5) is 13.2 Å². The summed E-state index contributed by atoms with van der Waals surface area (Å²) in [4.78, 5) is 11.8. The molecule has 0 radical (unpaired) electrons. The largest absolute Gasteiger partial charge is 0.330 e. The number of alkyl halides is 2. The lowest BCUT2D eigenvalue weighted by molar-refractivity contribution is -0.143. The van der Waals surface area contributed by atoms with E-state index in [4.69, 9.17) is 5.26 Å². The van der Waals surface area contributed by atoms with Crippen molar-refractivity contribution >= 4 is 5.78 Å². The van der Waals surface area contributed by atoms with Crippen molar-refractivity contribution < 1.29 is 18.0 Å². The molecule has 0 N–H and O–H groups in total. The van der Waals surface area contributed by atoms with Crippen LogP contribution in [0.2, 0.25) is 0 Å². The zero-order valence-electron chi connectivity index (χ0n) is 10.8. The summed E-state index contributed by atoms with van der Waals surface area (Å²) in [5, 5.41) is 8.89. The molecule has 2 nitrogen and oxygen atoms in total. The van der Waals surface area contributed by atoms with Gasteiger partial charge in [0.2, 0.25) is 5.78 Å². The fourth-order valence-corrected chi connectivity index (χ4v) is 1.89. The Balaban J connectivity index is 2.27. The van der Waals surface area contributed by atoms with Gasteiger partial charge in [-0.3, -0.25) is 4.79 Å².